The highest BCUT2D eigenvalue weighted by Gasteiger charge is 2.25. The van der Waals surface area contributed by atoms with Crippen LogP contribution in [0.3, 0.4) is 0 Å². The maximum absolute atomic E-state index is 12.4. The Kier molecular flexibility index (Phi) is 5.66. The van der Waals surface area contributed by atoms with E-state index in [0.29, 0.717) is 6.54 Å². The van der Waals surface area contributed by atoms with Gasteiger partial charge >= 0.3 is 0 Å². The lowest BCUT2D eigenvalue weighted by atomic mass is 10.2. The van der Waals surface area contributed by atoms with E-state index < -0.39 is 10.0 Å². The first-order valence-corrected chi connectivity index (χ1v) is 7.54. The molecular weight excluding hydrogens is 288 g/mol. The molecule has 0 spiro atoms. The average molecular weight is 303 g/mol. The van der Waals surface area contributed by atoms with E-state index >= 15 is 0 Å². The van der Waals surface area contributed by atoms with Crippen LogP contribution in [0.1, 0.15) is 20.3 Å². The van der Waals surface area contributed by atoms with Gasteiger partial charge in [0, 0.05) is 19.5 Å². The van der Waals surface area contributed by atoms with E-state index in [1.165, 1.54) is 16.7 Å². The zero-order valence-corrected chi connectivity index (χ0v) is 12.3. The highest BCUT2D eigenvalue weighted by Crippen LogP contribution is 2.16. The first-order valence-electron chi connectivity index (χ1n) is 5.72. The summed E-state index contributed by atoms with van der Waals surface area (Å²) in [4.78, 5) is 7.32. The summed E-state index contributed by atoms with van der Waals surface area (Å²) < 4.78 is 26.0. The van der Waals surface area contributed by atoms with Gasteiger partial charge in [-0.25, -0.2) is 18.4 Å². The second-order valence-corrected chi connectivity index (χ2v) is 6.63. The molecule has 0 aliphatic carbocycles. The molecule has 1 aromatic rings. The molecule has 104 valence electrons. The van der Waals surface area contributed by atoms with Crippen molar-refractivity contribution in [2.24, 2.45) is 5.92 Å². The molecule has 0 radical (unpaired) electrons. The van der Waals surface area contributed by atoms with E-state index in [-0.39, 0.29) is 29.1 Å². The van der Waals surface area contributed by atoms with Crippen LogP contribution in [0.2, 0.25) is 5.28 Å². The second kappa shape index (κ2) is 6.80. The lowest BCUT2D eigenvalue weighted by Crippen LogP contribution is -2.35. The molecule has 0 fully saturated rings. The predicted molar refractivity (Wildman–Crippen MR) is 70.9 cm³/mol. The second-order valence-electron chi connectivity index (χ2n) is 4.35. The van der Waals surface area contributed by atoms with E-state index in [9.17, 15) is 8.42 Å². The normalized spacial score (nSPS) is 11.8. The fourth-order valence-electron chi connectivity index (χ4n) is 1.47. The number of nitriles is 1. The van der Waals surface area contributed by atoms with Gasteiger partial charge in [-0.3, -0.25) is 0 Å². The van der Waals surface area contributed by atoms with E-state index in [1.54, 1.807) is 0 Å². The van der Waals surface area contributed by atoms with Gasteiger partial charge in [0.2, 0.25) is 15.3 Å². The Labute approximate surface area is 118 Å². The number of hydrogen-bond acceptors (Lipinski definition) is 5. The van der Waals surface area contributed by atoms with Crippen LogP contribution in [-0.4, -0.2) is 35.8 Å². The molecular formula is C11H15ClN4O2S. The van der Waals surface area contributed by atoms with Gasteiger partial charge in [-0.2, -0.15) is 9.57 Å². The summed E-state index contributed by atoms with van der Waals surface area (Å²) in [5.74, 6) is 0.154. The first kappa shape index (κ1) is 15.8. The number of rotatable bonds is 6. The smallest absolute Gasteiger partial charge is 0.225 e. The monoisotopic (exact) mass is 302 g/mol. The van der Waals surface area contributed by atoms with Crippen LogP contribution in [-0.2, 0) is 10.0 Å². The maximum atomic E-state index is 12.4. The minimum atomic E-state index is -3.69. The highest BCUT2D eigenvalue weighted by molar-refractivity contribution is 7.89. The number of sulfonamides is 1. The van der Waals surface area contributed by atoms with Gasteiger partial charge in [0.1, 0.15) is 4.90 Å². The fraction of sp³-hybridized carbons (Fsp3) is 0.545. The van der Waals surface area contributed by atoms with Gasteiger partial charge in [0.15, 0.2) is 0 Å². The largest absolute Gasteiger partial charge is 0.246 e. The van der Waals surface area contributed by atoms with Crippen molar-refractivity contribution in [3.8, 4) is 6.07 Å². The molecule has 0 atom stereocenters. The summed E-state index contributed by atoms with van der Waals surface area (Å²) >= 11 is 5.54. The van der Waals surface area contributed by atoms with E-state index in [2.05, 4.69) is 9.97 Å². The molecule has 0 saturated carbocycles. The third-order valence-corrected chi connectivity index (χ3v) is 4.29. The summed E-state index contributed by atoms with van der Waals surface area (Å²) in [6, 6.07) is 1.95. The zero-order valence-electron chi connectivity index (χ0n) is 10.7. The highest BCUT2D eigenvalue weighted by atomic mass is 35.5. The Morgan fingerprint density at radius 1 is 1.42 bits per heavy atom. The van der Waals surface area contributed by atoms with Crippen molar-refractivity contribution < 1.29 is 8.42 Å². The third kappa shape index (κ3) is 4.42. The molecule has 0 aromatic carbocycles. The van der Waals surface area contributed by atoms with Gasteiger partial charge in [0.05, 0.1) is 18.5 Å². The van der Waals surface area contributed by atoms with Gasteiger partial charge in [0.25, 0.3) is 0 Å². The summed E-state index contributed by atoms with van der Waals surface area (Å²) in [7, 11) is -3.69. The van der Waals surface area contributed by atoms with Gasteiger partial charge < -0.3 is 0 Å². The van der Waals surface area contributed by atoms with Crippen LogP contribution in [0.15, 0.2) is 17.3 Å². The Bertz CT molecular complexity index is 551. The zero-order chi connectivity index (χ0) is 14.5. The average Bonchev–Trinajstić information content (AvgIpc) is 2.34. The predicted octanol–water partition coefficient (Wildman–Crippen LogP) is 1.69. The molecule has 0 unspecified atom stereocenters. The topological polar surface area (TPSA) is 87.0 Å². The van der Waals surface area contributed by atoms with Crippen molar-refractivity contribution in [3.63, 3.8) is 0 Å². The minimum absolute atomic E-state index is 0.00798. The van der Waals surface area contributed by atoms with Crippen LogP contribution in [0.25, 0.3) is 0 Å². The summed E-state index contributed by atoms with van der Waals surface area (Å²) in [5, 5.41) is 8.60. The molecule has 6 nitrogen and oxygen atoms in total. The maximum Gasteiger partial charge on any atom is 0.246 e. The molecule has 0 aliphatic rings. The quantitative estimate of drug-likeness (QED) is 0.746. The van der Waals surface area contributed by atoms with E-state index in [0.717, 1.165) is 0 Å². The van der Waals surface area contributed by atoms with Crippen molar-refractivity contribution in [3.05, 3.63) is 17.7 Å². The molecule has 1 aromatic heterocycles. The van der Waals surface area contributed by atoms with E-state index in [1.807, 2.05) is 19.9 Å². The number of hydrogen-bond donors (Lipinski definition) is 0. The number of nitrogens with zero attached hydrogens (tertiary/aromatic N) is 4. The summed E-state index contributed by atoms with van der Waals surface area (Å²) in [6.45, 7) is 4.31. The molecule has 1 rings (SSSR count). The van der Waals surface area contributed by atoms with Gasteiger partial charge in [-0.1, -0.05) is 13.8 Å². The van der Waals surface area contributed by atoms with Crippen LogP contribution in [0.5, 0.6) is 0 Å². The molecule has 1 heterocycles. The number of aromatic nitrogens is 2. The molecule has 0 N–H and O–H groups in total. The molecule has 8 heteroatoms. The molecule has 19 heavy (non-hydrogen) atoms. The molecule has 0 bridgehead atoms. The first-order chi connectivity index (χ1) is 8.87. The lowest BCUT2D eigenvalue weighted by molar-refractivity contribution is 0.372. The Hall–Kier alpha value is -1.23. The summed E-state index contributed by atoms with van der Waals surface area (Å²) in [5.41, 5.74) is 0. The van der Waals surface area contributed by atoms with Crippen molar-refractivity contribution in [2.75, 3.05) is 13.1 Å². The summed E-state index contributed by atoms with van der Waals surface area (Å²) in [6.07, 6.45) is 2.48. The standard InChI is InChI=1S/C11H15ClN4O2S/c1-9(2)8-16(5-3-4-13)19(17,18)10-6-14-11(12)15-7-10/h6-7,9H,3,5,8H2,1-2H3. The Morgan fingerprint density at radius 2 is 2.00 bits per heavy atom. The van der Waals surface area contributed by atoms with Crippen molar-refractivity contribution >= 4 is 21.6 Å². The van der Waals surface area contributed by atoms with Gasteiger partial charge in [-0.15, -0.1) is 0 Å². The molecule has 0 saturated heterocycles. The Morgan fingerprint density at radius 3 is 2.47 bits per heavy atom. The number of halogens is 1. The minimum Gasteiger partial charge on any atom is -0.225 e. The van der Waals surface area contributed by atoms with Crippen LogP contribution < -0.4 is 0 Å². The fourth-order valence-corrected chi connectivity index (χ4v) is 3.07. The third-order valence-electron chi connectivity index (χ3n) is 2.28. The molecule has 0 aliphatic heterocycles. The van der Waals surface area contributed by atoms with Crippen molar-refractivity contribution in [1.82, 2.24) is 14.3 Å². The van der Waals surface area contributed by atoms with Gasteiger partial charge in [-0.05, 0) is 17.5 Å². The van der Waals surface area contributed by atoms with Crippen molar-refractivity contribution in [1.29, 1.82) is 5.26 Å². The van der Waals surface area contributed by atoms with Crippen molar-refractivity contribution in [2.45, 2.75) is 25.2 Å². The lowest BCUT2D eigenvalue weighted by Gasteiger charge is -2.22. The molecule has 0 amide bonds. The SMILES string of the molecule is CC(C)CN(CCC#N)S(=O)(=O)c1cnc(Cl)nc1. The van der Waals surface area contributed by atoms with Crippen LogP contribution >= 0.6 is 11.6 Å². The Balaban J connectivity index is 3.04. The van der Waals surface area contributed by atoms with Crippen LogP contribution in [0.4, 0.5) is 0 Å². The van der Waals surface area contributed by atoms with E-state index in [4.69, 9.17) is 16.9 Å². The van der Waals surface area contributed by atoms with Crippen LogP contribution in [0, 0.1) is 17.2 Å².